The van der Waals surface area contributed by atoms with Crippen molar-refractivity contribution in [2.45, 2.75) is 13.2 Å². The Balaban J connectivity index is 2.21. The first-order chi connectivity index (χ1) is 8.70. The van der Waals surface area contributed by atoms with Crippen molar-refractivity contribution in [1.82, 2.24) is 4.98 Å². The summed E-state index contributed by atoms with van der Waals surface area (Å²) in [5, 5.41) is 9.25. The van der Waals surface area contributed by atoms with Gasteiger partial charge in [0.25, 0.3) is 0 Å². The first kappa shape index (κ1) is 12.5. The Morgan fingerprint density at radius 2 is 2.17 bits per heavy atom. The lowest BCUT2D eigenvalue weighted by atomic mass is 10.1. The lowest BCUT2D eigenvalue weighted by molar-refractivity contribution is 0.281. The highest BCUT2D eigenvalue weighted by molar-refractivity contribution is 5.53. The molecule has 0 aliphatic carbocycles. The molecule has 0 radical (unpaired) electrons. The number of aliphatic hydroxyl groups excluding tert-OH is 1. The molecule has 18 heavy (non-hydrogen) atoms. The second kappa shape index (κ2) is 5.60. The van der Waals surface area contributed by atoms with Crippen molar-refractivity contribution >= 4 is 5.69 Å². The van der Waals surface area contributed by atoms with Crippen molar-refractivity contribution in [2.75, 3.05) is 11.9 Å². The third kappa shape index (κ3) is 2.84. The summed E-state index contributed by atoms with van der Waals surface area (Å²) in [6, 6.07) is 8.28. The summed E-state index contributed by atoms with van der Waals surface area (Å²) < 4.78 is 13.1. The lowest BCUT2D eigenvalue weighted by Crippen LogP contribution is -2.18. The average molecular weight is 246 g/mol. The van der Waals surface area contributed by atoms with Gasteiger partial charge in [-0.05, 0) is 29.8 Å². The molecule has 0 amide bonds. The van der Waals surface area contributed by atoms with Gasteiger partial charge in [-0.25, -0.2) is 4.39 Å². The molecule has 0 unspecified atom stereocenters. The molecule has 0 saturated heterocycles. The molecule has 4 heteroatoms. The summed E-state index contributed by atoms with van der Waals surface area (Å²) in [7, 11) is 1.90. The second-order valence-electron chi connectivity index (χ2n) is 4.15. The minimum atomic E-state index is -0.336. The largest absolute Gasteiger partial charge is 0.392 e. The van der Waals surface area contributed by atoms with Crippen LogP contribution in [0.2, 0.25) is 0 Å². The molecule has 0 fully saturated rings. The molecule has 0 bridgehead atoms. The Bertz CT molecular complexity index is 516. The molecular formula is C14H15FN2O. The highest BCUT2D eigenvalue weighted by Crippen LogP contribution is 2.22. The number of halogens is 1. The molecule has 0 atom stereocenters. The maximum absolute atomic E-state index is 13.1. The number of hydrogen-bond donors (Lipinski definition) is 1. The highest BCUT2D eigenvalue weighted by Gasteiger charge is 2.08. The van der Waals surface area contributed by atoms with Crippen LogP contribution in [-0.4, -0.2) is 17.1 Å². The van der Waals surface area contributed by atoms with Gasteiger partial charge in [0.05, 0.1) is 6.61 Å². The van der Waals surface area contributed by atoms with Crippen LogP contribution in [0.5, 0.6) is 0 Å². The van der Waals surface area contributed by atoms with E-state index in [1.165, 1.54) is 12.1 Å². The molecule has 1 aromatic carbocycles. The predicted octanol–water partition coefficient (Wildman–Crippen LogP) is 2.35. The van der Waals surface area contributed by atoms with Gasteiger partial charge in [-0.15, -0.1) is 0 Å². The number of anilines is 1. The molecule has 0 saturated carbocycles. The maximum Gasteiger partial charge on any atom is 0.123 e. The van der Waals surface area contributed by atoms with Gasteiger partial charge in [0, 0.05) is 37.2 Å². The fourth-order valence-corrected chi connectivity index (χ4v) is 1.90. The predicted molar refractivity (Wildman–Crippen MR) is 68.7 cm³/mol. The van der Waals surface area contributed by atoms with Crippen molar-refractivity contribution in [3.05, 3.63) is 59.7 Å². The van der Waals surface area contributed by atoms with Crippen LogP contribution in [0.1, 0.15) is 11.1 Å². The zero-order valence-corrected chi connectivity index (χ0v) is 10.2. The van der Waals surface area contributed by atoms with Crippen LogP contribution in [0, 0.1) is 5.82 Å². The SMILES string of the molecule is CN(Cc1cccnc1)c1ccc(F)cc1CO. The second-order valence-corrected chi connectivity index (χ2v) is 4.15. The lowest BCUT2D eigenvalue weighted by Gasteiger charge is -2.22. The summed E-state index contributed by atoms with van der Waals surface area (Å²) in [5.41, 5.74) is 2.47. The Morgan fingerprint density at radius 3 is 2.83 bits per heavy atom. The van der Waals surface area contributed by atoms with E-state index in [2.05, 4.69) is 4.98 Å². The van der Waals surface area contributed by atoms with E-state index in [1.54, 1.807) is 18.5 Å². The summed E-state index contributed by atoms with van der Waals surface area (Å²) in [6.45, 7) is 0.483. The topological polar surface area (TPSA) is 36.4 Å². The number of nitrogens with zero attached hydrogens (tertiary/aromatic N) is 2. The highest BCUT2D eigenvalue weighted by atomic mass is 19.1. The van der Waals surface area contributed by atoms with Crippen LogP contribution in [0.4, 0.5) is 10.1 Å². The fraction of sp³-hybridized carbons (Fsp3) is 0.214. The summed E-state index contributed by atoms with van der Waals surface area (Å²) in [4.78, 5) is 6.01. The van der Waals surface area contributed by atoms with Gasteiger partial charge in [-0.2, -0.15) is 0 Å². The van der Waals surface area contributed by atoms with Crippen molar-refractivity contribution in [3.63, 3.8) is 0 Å². The van der Waals surface area contributed by atoms with E-state index >= 15 is 0 Å². The van der Waals surface area contributed by atoms with Crippen LogP contribution >= 0.6 is 0 Å². The van der Waals surface area contributed by atoms with Crippen molar-refractivity contribution in [3.8, 4) is 0 Å². The van der Waals surface area contributed by atoms with E-state index in [1.807, 2.05) is 24.1 Å². The van der Waals surface area contributed by atoms with Crippen LogP contribution < -0.4 is 4.90 Å². The maximum atomic E-state index is 13.1. The van der Waals surface area contributed by atoms with Crippen LogP contribution in [0.25, 0.3) is 0 Å². The van der Waals surface area contributed by atoms with Gasteiger partial charge >= 0.3 is 0 Å². The molecule has 0 aliphatic rings. The fourth-order valence-electron chi connectivity index (χ4n) is 1.90. The molecular weight excluding hydrogens is 231 g/mol. The van der Waals surface area contributed by atoms with Gasteiger partial charge in [-0.1, -0.05) is 6.07 Å². The van der Waals surface area contributed by atoms with E-state index in [4.69, 9.17) is 0 Å². The van der Waals surface area contributed by atoms with Crippen molar-refractivity contribution in [2.24, 2.45) is 0 Å². The molecule has 0 aliphatic heterocycles. The van der Waals surface area contributed by atoms with E-state index in [0.29, 0.717) is 12.1 Å². The number of aliphatic hydroxyl groups is 1. The van der Waals surface area contributed by atoms with Gasteiger partial charge in [-0.3, -0.25) is 4.98 Å². The Kier molecular flexibility index (Phi) is 3.89. The third-order valence-electron chi connectivity index (χ3n) is 2.77. The number of aromatic nitrogens is 1. The number of hydrogen-bond acceptors (Lipinski definition) is 3. The minimum absolute atomic E-state index is 0.176. The average Bonchev–Trinajstić information content (AvgIpc) is 2.39. The summed E-state index contributed by atoms with van der Waals surface area (Å²) in [6.07, 6.45) is 3.51. The van der Waals surface area contributed by atoms with Gasteiger partial charge in [0.1, 0.15) is 5.82 Å². The minimum Gasteiger partial charge on any atom is -0.392 e. The monoisotopic (exact) mass is 246 g/mol. The van der Waals surface area contributed by atoms with E-state index < -0.39 is 0 Å². The molecule has 0 spiro atoms. The number of benzene rings is 1. The quantitative estimate of drug-likeness (QED) is 0.899. The van der Waals surface area contributed by atoms with E-state index in [9.17, 15) is 9.50 Å². The Labute approximate surface area is 106 Å². The molecule has 3 nitrogen and oxygen atoms in total. The first-order valence-electron chi connectivity index (χ1n) is 5.70. The standard InChI is InChI=1S/C14H15FN2O/c1-17(9-11-3-2-6-16-8-11)14-5-4-13(15)7-12(14)10-18/h2-8,18H,9-10H2,1H3. The van der Waals surface area contributed by atoms with Crippen molar-refractivity contribution in [1.29, 1.82) is 0 Å². The molecule has 1 N–H and O–H groups in total. The molecule has 1 aromatic heterocycles. The van der Waals surface area contributed by atoms with Gasteiger partial charge in [0.15, 0.2) is 0 Å². The van der Waals surface area contributed by atoms with Gasteiger partial charge in [0.2, 0.25) is 0 Å². The first-order valence-corrected chi connectivity index (χ1v) is 5.70. The smallest absolute Gasteiger partial charge is 0.123 e. The molecule has 2 aromatic rings. The van der Waals surface area contributed by atoms with Crippen LogP contribution in [0.3, 0.4) is 0 Å². The number of rotatable bonds is 4. The third-order valence-corrected chi connectivity index (χ3v) is 2.77. The van der Waals surface area contributed by atoms with E-state index in [0.717, 1.165) is 11.3 Å². The zero-order valence-electron chi connectivity index (χ0n) is 10.2. The van der Waals surface area contributed by atoms with Gasteiger partial charge < -0.3 is 10.0 Å². The summed E-state index contributed by atoms with van der Waals surface area (Å²) >= 11 is 0. The van der Waals surface area contributed by atoms with Crippen LogP contribution in [0.15, 0.2) is 42.7 Å². The van der Waals surface area contributed by atoms with Crippen molar-refractivity contribution < 1.29 is 9.50 Å². The molecule has 2 rings (SSSR count). The molecule has 1 heterocycles. The van der Waals surface area contributed by atoms with E-state index in [-0.39, 0.29) is 12.4 Å². The Morgan fingerprint density at radius 1 is 1.33 bits per heavy atom. The number of pyridine rings is 1. The zero-order chi connectivity index (χ0) is 13.0. The van der Waals surface area contributed by atoms with Crippen LogP contribution in [-0.2, 0) is 13.2 Å². The normalized spacial score (nSPS) is 10.4. The Hall–Kier alpha value is -1.94. The molecule has 94 valence electrons. The summed E-state index contributed by atoms with van der Waals surface area (Å²) in [5.74, 6) is -0.336.